The Hall–Kier alpha value is -1.90. The van der Waals surface area contributed by atoms with Gasteiger partial charge in [-0.1, -0.05) is 29.8 Å². The van der Waals surface area contributed by atoms with E-state index in [1.807, 2.05) is 43.6 Å². The average molecular weight is 440 g/mol. The number of hydrogen-bond donors (Lipinski definition) is 2. The van der Waals surface area contributed by atoms with E-state index in [4.69, 9.17) is 23.8 Å². The van der Waals surface area contributed by atoms with Gasteiger partial charge in [-0.3, -0.25) is 9.36 Å². The molecule has 130 valence electrons. The zero-order chi connectivity index (χ0) is 17.8. The minimum absolute atomic E-state index is 0.491. The molecule has 0 atom stereocenters. The molecule has 0 amide bonds. The lowest BCUT2D eigenvalue weighted by molar-refractivity contribution is 0.688. The highest BCUT2D eigenvalue weighted by Crippen LogP contribution is 2.22. The fourth-order valence-corrected chi connectivity index (χ4v) is 3.04. The second-order valence-electron chi connectivity index (χ2n) is 5.37. The topological polar surface area (TPSA) is 59.7 Å². The van der Waals surface area contributed by atoms with Gasteiger partial charge in [0.25, 0.3) is 0 Å². The molecule has 0 bridgehead atoms. The second kappa shape index (κ2) is 7.99. The Morgan fingerprint density at radius 3 is 2.84 bits per heavy atom. The van der Waals surface area contributed by atoms with Crippen molar-refractivity contribution in [3.05, 3.63) is 63.5 Å². The predicted octanol–water partition coefficient (Wildman–Crippen LogP) is 3.57. The number of benzene rings is 1. The van der Waals surface area contributed by atoms with Crippen LogP contribution in [0.1, 0.15) is 11.3 Å². The van der Waals surface area contributed by atoms with Gasteiger partial charge in [0.15, 0.2) is 10.9 Å². The molecule has 25 heavy (non-hydrogen) atoms. The van der Waals surface area contributed by atoms with Crippen molar-refractivity contribution in [1.82, 2.24) is 24.9 Å². The molecule has 6 nitrogen and oxygen atoms in total. The van der Waals surface area contributed by atoms with Crippen LogP contribution in [-0.2, 0) is 20.1 Å². The van der Waals surface area contributed by atoms with Gasteiger partial charge < -0.3 is 10.6 Å². The Morgan fingerprint density at radius 1 is 1.32 bits per heavy atom. The molecule has 3 aromatic rings. The van der Waals surface area contributed by atoms with Crippen LogP contribution in [0.2, 0.25) is 5.02 Å². The van der Waals surface area contributed by atoms with Crippen molar-refractivity contribution in [2.24, 2.45) is 7.05 Å². The molecule has 0 aliphatic heterocycles. The summed E-state index contributed by atoms with van der Waals surface area (Å²) in [5, 5.41) is 16.1. The highest BCUT2D eigenvalue weighted by molar-refractivity contribution is 9.10. The zero-order valence-corrected chi connectivity index (χ0v) is 16.6. The molecule has 3 rings (SSSR count). The van der Waals surface area contributed by atoms with Crippen LogP contribution in [0.15, 0.2) is 47.2 Å². The predicted molar refractivity (Wildman–Crippen MR) is 107 cm³/mol. The van der Waals surface area contributed by atoms with E-state index in [2.05, 4.69) is 36.8 Å². The monoisotopic (exact) mass is 438 g/mol. The maximum Gasteiger partial charge on any atom is 0.172 e. The van der Waals surface area contributed by atoms with Crippen molar-refractivity contribution in [2.75, 3.05) is 5.32 Å². The minimum atomic E-state index is 0.491. The summed E-state index contributed by atoms with van der Waals surface area (Å²) in [5.41, 5.74) is 2.04. The van der Waals surface area contributed by atoms with Crippen molar-refractivity contribution in [3.8, 4) is 0 Å². The molecule has 0 aliphatic rings. The number of rotatable bonds is 5. The highest BCUT2D eigenvalue weighted by atomic mass is 79.9. The van der Waals surface area contributed by atoms with Crippen LogP contribution in [0, 0.1) is 0 Å². The molecular formula is C16H16BrClN6S. The summed E-state index contributed by atoms with van der Waals surface area (Å²) in [7, 11) is 1.89. The second-order valence-corrected chi connectivity index (χ2v) is 7.04. The molecule has 0 fully saturated rings. The van der Waals surface area contributed by atoms with Crippen LogP contribution in [0.25, 0.3) is 0 Å². The van der Waals surface area contributed by atoms with Gasteiger partial charge in [-0.2, -0.15) is 10.2 Å². The van der Waals surface area contributed by atoms with Gasteiger partial charge in [-0.05, 0) is 45.8 Å². The maximum absolute atomic E-state index is 6.20. The third-order valence-corrected chi connectivity index (χ3v) is 4.79. The quantitative estimate of drug-likeness (QED) is 0.595. The van der Waals surface area contributed by atoms with Gasteiger partial charge >= 0.3 is 0 Å². The first kappa shape index (κ1) is 17.9. The summed E-state index contributed by atoms with van der Waals surface area (Å²) >= 11 is 15.0. The number of nitrogens with zero attached hydrogens (tertiary/aromatic N) is 4. The number of aromatic nitrogens is 4. The Morgan fingerprint density at radius 2 is 2.12 bits per heavy atom. The van der Waals surface area contributed by atoms with E-state index in [9.17, 15) is 0 Å². The van der Waals surface area contributed by atoms with Crippen LogP contribution >= 0.6 is 39.7 Å². The van der Waals surface area contributed by atoms with Crippen LogP contribution in [0.5, 0.6) is 0 Å². The summed E-state index contributed by atoms with van der Waals surface area (Å²) in [6.07, 6.45) is 3.63. The van der Waals surface area contributed by atoms with E-state index in [1.165, 1.54) is 0 Å². The van der Waals surface area contributed by atoms with Crippen LogP contribution < -0.4 is 10.6 Å². The molecule has 2 heterocycles. The van der Waals surface area contributed by atoms with Gasteiger partial charge in [0.1, 0.15) is 0 Å². The standard InChI is InChI=1S/C16H16BrClN6S/c1-23-12(6-7-20-23)8-19-16(25)21-15-13(17)10-24(22-15)9-11-4-2-3-5-14(11)18/h2-7,10H,8-9H2,1H3,(H2,19,21,22,25). The first-order valence-electron chi connectivity index (χ1n) is 7.51. The van der Waals surface area contributed by atoms with Gasteiger partial charge in [0.05, 0.1) is 23.3 Å². The molecule has 0 radical (unpaired) electrons. The molecule has 1 aromatic carbocycles. The SMILES string of the molecule is Cn1nccc1CNC(=S)Nc1nn(Cc2ccccc2Cl)cc1Br. The van der Waals surface area contributed by atoms with Crippen molar-refractivity contribution in [2.45, 2.75) is 13.1 Å². The van der Waals surface area contributed by atoms with Crippen molar-refractivity contribution >= 4 is 50.7 Å². The third kappa shape index (κ3) is 4.59. The van der Waals surface area contributed by atoms with Crippen LogP contribution in [0.3, 0.4) is 0 Å². The molecule has 2 aromatic heterocycles. The molecular weight excluding hydrogens is 424 g/mol. The van der Waals surface area contributed by atoms with E-state index in [1.54, 1.807) is 15.6 Å². The number of hydrogen-bond acceptors (Lipinski definition) is 3. The Bertz CT molecular complexity index is 890. The first-order chi connectivity index (χ1) is 12.0. The van der Waals surface area contributed by atoms with Gasteiger partial charge in [-0.25, -0.2) is 0 Å². The summed E-state index contributed by atoms with van der Waals surface area (Å²) in [4.78, 5) is 0. The minimum Gasteiger partial charge on any atom is -0.357 e. The number of anilines is 1. The summed E-state index contributed by atoms with van der Waals surface area (Å²) < 4.78 is 4.42. The molecule has 0 saturated carbocycles. The molecule has 0 saturated heterocycles. The Labute approximate surface area is 164 Å². The lowest BCUT2D eigenvalue weighted by atomic mass is 10.2. The van der Waals surface area contributed by atoms with Crippen molar-refractivity contribution in [3.63, 3.8) is 0 Å². The van der Waals surface area contributed by atoms with Gasteiger partial charge in [0, 0.05) is 24.5 Å². The third-order valence-electron chi connectivity index (χ3n) is 3.59. The van der Waals surface area contributed by atoms with E-state index in [-0.39, 0.29) is 0 Å². The maximum atomic E-state index is 6.20. The fraction of sp³-hybridized carbons (Fsp3) is 0.188. The molecule has 0 spiro atoms. The largest absolute Gasteiger partial charge is 0.357 e. The van der Waals surface area contributed by atoms with Crippen molar-refractivity contribution < 1.29 is 0 Å². The zero-order valence-electron chi connectivity index (χ0n) is 13.4. The smallest absolute Gasteiger partial charge is 0.172 e. The lowest BCUT2D eigenvalue weighted by Crippen LogP contribution is -2.29. The average Bonchev–Trinajstić information content (AvgIpc) is 3.13. The Kier molecular flexibility index (Phi) is 5.72. The van der Waals surface area contributed by atoms with E-state index in [0.717, 1.165) is 20.8 Å². The van der Waals surface area contributed by atoms with Crippen LogP contribution in [-0.4, -0.2) is 24.7 Å². The van der Waals surface area contributed by atoms with E-state index < -0.39 is 0 Å². The molecule has 0 unspecified atom stereocenters. The number of aryl methyl sites for hydroxylation is 1. The number of thiocarbonyl (C=S) groups is 1. The van der Waals surface area contributed by atoms with Crippen molar-refractivity contribution in [1.29, 1.82) is 0 Å². The van der Waals surface area contributed by atoms with E-state index >= 15 is 0 Å². The Balaban J connectivity index is 1.61. The first-order valence-corrected chi connectivity index (χ1v) is 9.09. The summed E-state index contributed by atoms with van der Waals surface area (Å²) in [6, 6.07) is 9.64. The lowest BCUT2D eigenvalue weighted by Gasteiger charge is -2.09. The molecule has 2 N–H and O–H groups in total. The molecule has 9 heteroatoms. The van der Waals surface area contributed by atoms with Crippen LogP contribution in [0.4, 0.5) is 5.82 Å². The van der Waals surface area contributed by atoms with Gasteiger partial charge in [0.2, 0.25) is 0 Å². The number of halogens is 2. The normalized spacial score (nSPS) is 10.7. The van der Waals surface area contributed by atoms with Gasteiger partial charge in [-0.15, -0.1) is 0 Å². The molecule has 0 aliphatic carbocycles. The van der Waals surface area contributed by atoms with E-state index in [0.29, 0.717) is 24.0 Å². The number of nitrogens with one attached hydrogen (secondary N) is 2. The highest BCUT2D eigenvalue weighted by Gasteiger charge is 2.10. The summed E-state index contributed by atoms with van der Waals surface area (Å²) in [6.45, 7) is 1.16. The fourth-order valence-electron chi connectivity index (χ4n) is 2.26. The summed E-state index contributed by atoms with van der Waals surface area (Å²) in [5.74, 6) is 0.648.